The number of rotatable bonds is 2. The Morgan fingerprint density at radius 2 is 1.86 bits per heavy atom. The number of hydrogen-bond acceptors (Lipinski definition) is 3. The highest BCUT2D eigenvalue weighted by molar-refractivity contribution is 9.10. The van der Waals surface area contributed by atoms with Crippen molar-refractivity contribution in [2.24, 2.45) is 11.1 Å². The molecule has 1 unspecified atom stereocenters. The lowest BCUT2D eigenvalue weighted by molar-refractivity contribution is 0.155. The minimum Gasteiger partial charge on any atom is -0.327 e. The molecule has 1 atom stereocenters. The zero-order valence-electron chi connectivity index (χ0n) is 13.4. The molecule has 1 saturated heterocycles. The first-order valence-electron chi connectivity index (χ1n) is 7.08. The lowest BCUT2D eigenvalue weighted by atomic mass is 9.81. The third-order valence-electron chi connectivity index (χ3n) is 4.35. The monoisotopic (exact) mass is 410 g/mol. The second-order valence-electron chi connectivity index (χ2n) is 6.59. The molecule has 1 aromatic rings. The number of nitrogens with zero attached hydrogens (tertiary/aromatic N) is 1. The van der Waals surface area contributed by atoms with Gasteiger partial charge in [-0.1, -0.05) is 29.8 Å². The van der Waals surface area contributed by atoms with Gasteiger partial charge >= 0.3 is 0 Å². The Morgan fingerprint density at radius 3 is 2.41 bits per heavy atom. The fourth-order valence-corrected chi connectivity index (χ4v) is 5.08. The van der Waals surface area contributed by atoms with Crippen molar-refractivity contribution in [1.82, 2.24) is 4.31 Å². The van der Waals surface area contributed by atoms with E-state index in [1.165, 1.54) is 0 Å². The first-order valence-corrected chi connectivity index (χ1v) is 9.31. The Bertz CT molecular complexity index is 662. The highest BCUT2D eigenvalue weighted by atomic mass is 79.9. The van der Waals surface area contributed by atoms with Crippen molar-refractivity contribution in [3.8, 4) is 0 Å². The molecule has 0 radical (unpaired) electrons. The second-order valence-corrected chi connectivity index (χ2v) is 9.35. The van der Waals surface area contributed by atoms with E-state index in [0.29, 0.717) is 24.4 Å². The molecule has 0 amide bonds. The van der Waals surface area contributed by atoms with E-state index in [-0.39, 0.29) is 23.9 Å². The van der Waals surface area contributed by atoms with Crippen molar-refractivity contribution in [1.29, 1.82) is 0 Å². The summed E-state index contributed by atoms with van der Waals surface area (Å²) in [6.07, 6.45) is 0.695. The predicted octanol–water partition coefficient (Wildman–Crippen LogP) is 3.24. The van der Waals surface area contributed by atoms with Crippen LogP contribution in [-0.2, 0) is 10.0 Å². The minimum absolute atomic E-state index is 0. The van der Waals surface area contributed by atoms with Crippen LogP contribution in [0.1, 0.15) is 31.4 Å². The Kier molecular flexibility index (Phi) is 6.13. The molecule has 7 heteroatoms. The molecular weight excluding hydrogens is 388 g/mol. The molecule has 1 aliphatic heterocycles. The maximum atomic E-state index is 12.9. The van der Waals surface area contributed by atoms with Crippen LogP contribution in [0.3, 0.4) is 0 Å². The average molecular weight is 412 g/mol. The molecule has 0 saturated carbocycles. The van der Waals surface area contributed by atoms with E-state index in [9.17, 15) is 8.42 Å². The molecule has 1 aliphatic rings. The van der Waals surface area contributed by atoms with Gasteiger partial charge in [0.25, 0.3) is 0 Å². The van der Waals surface area contributed by atoms with Gasteiger partial charge in [-0.2, -0.15) is 4.31 Å². The molecule has 126 valence electrons. The second kappa shape index (κ2) is 6.77. The number of aryl methyl sites for hydroxylation is 2. The summed E-state index contributed by atoms with van der Waals surface area (Å²) in [5.41, 5.74) is 7.59. The van der Waals surface area contributed by atoms with Gasteiger partial charge in [-0.05, 0) is 48.9 Å². The van der Waals surface area contributed by atoms with Crippen LogP contribution in [0.25, 0.3) is 0 Å². The summed E-state index contributed by atoms with van der Waals surface area (Å²) in [4.78, 5) is 0.398. The number of sulfonamides is 1. The van der Waals surface area contributed by atoms with Gasteiger partial charge in [0.1, 0.15) is 0 Å². The summed E-state index contributed by atoms with van der Waals surface area (Å²) in [6.45, 7) is 8.74. The zero-order valence-corrected chi connectivity index (χ0v) is 16.6. The van der Waals surface area contributed by atoms with Gasteiger partial charge in [-0.25, -0.2) is 8.42 Å². The van der Waals surface area contributed by atoms with Crippen LogP contribution < -0.4 is 5.73 Å². The van der Waals surface area contributed by atoms with Crippen LogP contribution >= 0.6 is 28.3 Å². The summed E-state index contributed by atoms with van der Waals surface area (Å²) in [5, 5.41) is 0. The molecule has 0 bridgehead atoms. The van der Waals surface area contributed by atoms with E-state index in [0.717, 1.165) is 15.6 Å². The fourth-order valence-electron chi connectivity index (χ4n) is 2.70. The lowest BCUT2D eigenvalue weighted by Gasteiger charge is -2.41. The number of hydrogen-bond donors (Lipinski definition) is 1. The van der Waals surface area contributed by atoms with Gasteiger partial charge in [0, 0.05) is 23.6 Å². The Labute approximate surface area is 148 Å². The van der Waals surface area contributed by atoms with Gasteiger partial charge < -0.3 is 5.73 Å². The van der Waals surface area contributed by atoms with Crippen LogP contribution in [-0.4, -0.2) is 31.9 Å². The van der Waals surface area contributed by atoms with Gasteiger partial charge in [0.15, 0.2) is 0 Å². The molecule has 22 heavy (non-hydrogen) atoms. The summed E-state index contributed by atoms with van der Waals surface area (Å²) in [7, 11) is -3.47. The summed E-state index contributed by atoms with van der Waals surface area (Å²) in [6, 6.07) is 3.65. The summed E-state index contributed by atoms with van der Waals surface area (Å²) in [5.74, 6) is 0. The van der Waals surface area contributed by atoms with Gasteiger partial charge in [0.2, 0.25) is 10.0 Å². The van der Waals surface area contributed by atoms with Crippen LogP contribution in [0.2, 0.25) is 0 Å². The Balaban J connectivity index is 0.00000242. The number of nitrogens with two attached hydrogens (primary N) is 1. The molecule has 1 heterocycles. The zero-order chi connectivity index (χ0) is 16.0. The lowest BCUT2D eigenvalue weighted by Crippen LogP contribution is -2.53. The largest absolute Gasteiger partial charge is 0.327 e. The molecule has 1 fully saturated rings. The first-order chi connectivity index (χ1) is 9.55. The van der Waals surface area contributed by atoms with Gasteiger partial charge in [0.05, 0.1) is 4.90 Å². The minimum atomic E-state index is -3.47. The van der Waals surface area contributed by atoms with E-state index >= 15 is 0 Å². The van der Waals surface area contributed by atoms with E-state index < -0.39 is 10.0 Å². The average Bonchev–Trinajstić information content (AvgIpc) is 2.36. The topological polar surface area (TPSA) is 63.4 Å². The maximum Gasteiger partial charge on any atom is 0.243 e. The predicted molar refractivity (Wildman–Crippen MR) is 96.0 cm³/mol. The molecule has 0 aliphatic carbocycles. The van der Waals surface area contributed by atoms with Gasteiger partial charge in [-0.15, -0.1) is 12.4 Å². The Hall–Kier alpha value is -0.140. The van der Waals surface area contributed by atoms with Crippen molar-refractivity contribution in [2.75, 3.05) is 13.1 Å². The molecule has 4 nitrogen and oxygen atoms in total. The molecule has 0 spiro atoms. The van der Waals surface area contributed by atoms with Crippen molar-refractivity contribution in [2.45, 2.75) is 45.1 Å². The smallest absolute Gasteiger partial charge is 0.243 e. The molecule has 2 N–H and O–H groups in total. The highest BCUT2D eigenvalue weighted by Crippen LogP contribution is 2.33. The van der Waals surface area contributed by atoms with E-state index in [2.05, 4.69) is 15.9 Å². The van der Waals surface area contributed by atoms with E-state index in [4.69, 9.17) is 5.73 Å². The van der Waals surface area contributed by atoms with Crippen LogP contribution in [0.5, 0.6) is 0 Å². The maximum absolute atomic E-state index is 12.9. The molecule has 2 rings (SSSR count). The standard InChI is InChI=1S/C15H23BrN2O2S.ClH/c1-10-8-13(11(2)7-12(10)16)21(19,20)18-6-5-14(17)15(3,4)9-18;/h7-8,14H,5-6,9,17H2,1-4H3;1H. The molecular formula is C15H24BrClN2O2S. The van der Waals surface area contributed by atoms with Crippen molar-refractivity contribution in [3.63, 3.8) is 0 Å². The van der Waals surface area contributed by atoms with Gasteiger partial charge in [-0.3, -0.25) is 0 Å². The number of benzene rings is 1. The van der Waals surface area contributed by atoms with Crippen molar-refractivity contribution < 1.29 is 8.42 Å². The third-order valence-corrected chi connectivity index (χ3v) is 7.19. The summed E-state index contributed by atoms with van der Waals surface area (Å²) >= 11 is 3.44. The number of halogens is 2. The SMILES string of the molecule is Cc1cc(S(=O)(=O)N2CCC(N)C(C)(C)C2)c(C)cc1Br.Cl. The normalized spacial score (nSPS) is 22.2. The number of piperidine rings is 1. The molecule has 1 aromatic carbocycles. The van der Waals surface area contributed by atoms with E-state index in [1.807, 2.05) is 33.8 Å². The van der Waals surface area contributed by atoms with Crippen LogP contribution in [0.15, 0.2) is 21.5 Å². The van der Waals surface area contributed by atoms with Crippen molar-refractivity contribution in [3.05, 3.63) is 27.7 Å². The van der Waals surface area contributed by atoms with Crippen molar-refractivity contribution >= 4 is 38.4 Å². The third kappa shape index (κ3) is 3.67. The molecule has 0 aromatic heterocycles. The Morgan fingerprint density at radius 1 is 1.27 bits per heavy atom. The van der Waals surface area contributed by atoms with Crippen LogP contribution in [0.4, 0.5) is 0 Å². The quantitative estimate of drug-likeness (QED) is 0.812. The first kappa shape index (κ1) is 19.9. The fraction of sp³-hybridized carbons (Fsp3) is 0.600. The summed E-state index contributed by atoms with van der Waals surface area (Å²) < 4.78 is 28.4. The van der Waals surface area contributed by atoms with Crippen LogP contribution in [0, 0.1) is 19.3 Å². The highest BCUT2D eigenvalue weighted by Gasteiger charge is 2.39. The van der Waals surface area contributed by atoms with E-state index in [1.54, 1.807) is 10.4 Å².